The van der Waals surface area contributed by atoms with Gasteiger partial charge in [-0.3, -0.25) is 14.6 Å². The fourth-order valence-corrected chi connectivity index (χ4v) is 4.71. The molecule has 0 spiro atoms. The number of pyridine rings is 1. The minimum absolute atomic E-state index is 0.0318. The summed E-state index contributed by atoms with van der Waals surface area (Å²) < 4.78 is 0. The molecule has 2 saturated heterocycles. The van der Waals surface area contributed by atoms with Crippen molar-refractivity contribution in [2.45, 2.75) is 63.1 Å². The molecule has 1 amide bonds. The van der Waals surface area contributed by atoms with Gasteiger partial charge in [-0.1, -0.05) is 12.8 Å². The first kappa shape index (κ1) is 15.8. The molecular formula is C19H25N3O2. The van der Waals surface area contributed by atoms with Crippen molar-refractivity contribution in [1.29, 1.82) is 0 Å². The fraction of sp³-hybridized carbons (Fsp3) is 0.632. The van der Waals surface area contributed by atoms with E-state index < -0.39 is 0 Å². The molecule has 128 valence electrons. The number of nitrogens with one attached hydrogen (secondary N) is 1. The highest BCUT2D eigenvalue weighted by Crippen LogP contribution is 2.34. The van der Waals surface area contributed by atoms with Crippen molar-refractivity contribution in [3.63, 3.8) is 0 Å². The number of amides is 1. The van der Waals surface area contributed by atoms with Gasteiger partial charge in [0.25, 0.3) is 0 Å². The number of carbonyl (C=O) groups is 2. The van der Waals surface area contributed by atoms with Gasteiger partial charge >= 0.3 is 0 Å². The summed E-state index contributed by atoms with van der Waals surface area (Å²) in [5.41, 5.74) is 0.607. The van der Waals surface area contributed by atoms with E-state index in [1.165, 1.54) is 25.7 Å². The SMILES string of the molecule is O=C(c1cccnc1)[C@@H]1CCCN1C(=O)[C@@H]1C[C@@H]2CCCC[C@@H]2N1. The molecule has 1 N–H and O–H groups in total. The monoisotopic (exact) mass is 327 g/mol. The number of carbonyl (C=O) groups excluding carboxylic acids is 2. The van der Waals surface area contributed by atoms with Crippen molar-refractivity contribution < 1.29 is 9.59 Å². The summed E-state index contributed by atoms with van der Waals surface area (Å²) in [6.45, 7) is 0.697. The van der Waals surface area contributed by atoms with Gasteiger partial charge in [0.1, 0.15) is 0 Å². The lowest BCUT2D eigenvalue weighted by atomic mass is 9.85. The minimum atomic E-state index is -0.314. The Morgan fingerprint density at radius 2 is 2.04 bits per heavy atom. The van der Waals surface area contributed by atoms with Crippen molar-refractivity contribution in [2.75, 3.05) is 6.54 Å². The topological polar surface area (TPSA) is 62.3 Å². The van der Waals surface area contributed by atoms with Gasteiger partial charge in [0.15, 0.2) is 5.78 Å². The molecule has 2 aliphatic heterocycles. The Morgan fingerprint density at radius 1 is 1.17 bits per heavy atom. The van der Waals surface area contributed by atoms with Crippen LogP contribution in [0.5, 0.6) is 0 Å². The van der Waals surface area contributed by atoms with Crippen LogP contribution in [-0.4, -0.2) is 46.2 Å². The van der Waals surface area contributed by atoms with Gasteiger partial charge in [-0.2, -0.15) is 0 Å². The van der Waals surface area contributed by atoms with Crippen LogP contribution in [-0.2, 0) is 4.79 Å². The lowest BCUT2D eigenvalue weighted by Crippen LogP contribution is -2.49. The molecular weight excluding hydrogens is 302 g/mol. The normalized spacial score (nSPS) is 32.6. The third kappa shape index (κ3) is 2.86. The molecule has 5 nitrogen and oxygen atoms in total. The molecule has 24 heavy (non-hydrogen) atoms. The molecule has 3 heterocycles. The van der Waals surface area contributed by atoms with Gasteiger partial charge in [0.2, 0.25) is 5.91 Å². The smallest absolute Gasteiger partial charge is 0.240 e. The summed E-state index contributed by atoms with van der Waals surface area (Å²) in [6, 6.07) is 3.66. The van der Waals surface area contributed by atoms with Crippen LogP contribution in [0.4, 0.5) is 0 Å². The highest BCUT2D eigenvalue weighted by atomic mass is 16.2. The summed E-state index contributed by atoms with van der Waals surface area (Å²) in [4.78, 5) is 31.7. The van der Waals surface area contributed by atoms with Gasteiger partial charge in [-0.25, -0.2) is 0 Å². The Morgan fingerprint density at radius 3 is 2.83 bits per heavy atom. The maximum absolute atomic E-state index is 13.0. The molecule has 0 unspecified atom stereocenters. The first-order chi connectivity index (χ1) is 11.7. The van der Waals surface area contributed by atoms with Crippen molar-refractivity contribution in [3.05, 3.63) is 30.1 Å². The van der Waals surface area contributed by atoms with Gasteiger partial charge in [-0.05, 0) is 50.2 Å². The number of Topliss-reactive ketones (excluding diaryl/α,β-unsaturated/α-hetero) is 1. The van der Waals surface area contributed by atoms with Crippen LogP contribution in [0.2, 0.25) is 0 Å². The first-order valence-corrected chi connectivity index (χ1v) is 9.25. The molecule has 4 rings (SSSR count). The number of aromatic nitrogens is 1. The molecule has 5 heteroatoms. The van der Waals surface area contributed by atoms with E-state index in [-0.39, 0.29) is 23.8 Å². The van der Waals surface area contributed by atoms with Crippen LogP contribution in [0.1, 0.15) is 55.3 Å². The van der Waals surface area contributed by atoms with Gasteiger partial charge in [0, 0.05) is 30.5 Å². The van der Waals surface area contributed by atoms with E-state index in [0.29, 0.717) is 24.1 Å². The van der Waals surface area contributed by atoms with Gasteiger partial charge in [-0.15, -0.1) is 0 Å². The zero-order valence-electron chi connectivity index (χ0n) is 14.0. The summed E-state index contributed by atoms with van der Waals surface area (Å²) in [6.07, 6.45) is 10.8. The van der Waals surface area contributed by atoms with Crippen LogP contribution in [0.15, 0.2) is 24.5 Å². The van der Waals surface area contributed by atoms with E-state index in [9.17, 15) is 9.59 Å². The van der Waals surface area contributed by atoms with Crippen LogP contribution in [0.3, 0.4) is 0 Å². The molecule has 1 saturated carbocycles. The summed E-state index contributed by atoms with van der Waals surface area (Å²) >= 11 is 0. The van der Waals surface area contributed by atoms with Crippen LogP contribution in [0, 0.1) is 5.92 Å². The quantitative estimate of drug-likeness (QED) is 0.865. The number of likely N-dealkylation sites (tertiary alicyclic amines) is 1. The molecule has 3 fully saturated rings. The molecule has 4 atom stereocenters. The Kier molecular flexibility index (Phi) is 4.35. The zero-order chi connectivity index (χ0) is 16.5. The van der Waals surface area contributed by atoms with E-state index in [4.69, 9.17) is 0 Å². The number of rotatable bonds is 3. The van der Waals surface area contributed by atoms with Gasteiger partial charge in [0.05, 0.1) is 12.1 Å². The van der Waals surface area contributed by atoms with E-state index in [2.05, 4.69) is 10.3 Å². The van der Waals surface area contributed by atoms with Crippen molar-refractivity contribution >= 4 is 11.7 Å². The predicted octanol–water partition coefficient (Wildman–Crippen LogP) is 2.18. The summed E-state index contributed by atoms with van der Waals surface area (Å²) in [7, 11) is 0. The highest BCUT2D eigenvalue weighted by molar-refractivity contribution is 6.02. The second kappa shape index (κ2) is 6.63. The molecule has 0 aromatic carbocycles. The van der Waals surface area contributed by atoms with E-state index in [1.807, 2.05) is 4.90 Å². The Hall–Kier alpha value is -1.75. The largest absolute Gasteiger partial charge is 0.331 e. The summed E-state index contributed by atoms with van der Waals surface area (Å²) in [5, 5.41) is 3.55. The maximum Gasteiger partial charge on any atom is 0.240 e. The average molecular weight is 327 g/mol. The standard InChI is InChI=1S/C19H25N3O2/c23-18(14-6-3-9-20-12-14)17-8-4-10-22(17)19(24)16-11-13-5-1-2-7-15(13)21-16/h3,6,9,12-13,15-17,21H,1-2,4-5,7-8,10-11H2/t13-,15-,16-,17-/m0/s1. The van der Waals surface area contributed by atoms with Crippen LogP contribution < -0.4 is 5.32 Å². The molecule has 0 bridgehead atoms. The molecule has 0 radical (unpaired) electrons. The van der Waals surface area contributed by atoms with Crippen LogP contribution >= 0.6 is 0 Å². The minimum Gasteiger partial charge on any atom is -0.331 e. The van der Waals surface area contributed by atoms with Gasteiger partial charge < -0.3 is 10.2 Å². The van der Waals surface area contributed by atoms with Crippen LogP contribution in [0.25, 0.3) is 0 Å². The second-order valence-corrected chi connectivity index (χ2v) is 7.40. The third-order valence-electron chi connectivity index (χ3n) is 5.95. The molecule has 1 aliphatic carbocycles. The molecule has 1 aromatic rings. The molecule has 3 aliphatic rings. The van der Waals surface area contributed by atoms with E-state index >= 15 is 0 Å². The predicted molar refractivity (Wildman–Crippen MR) is 90.6 cm³/mol. The van der Waals surface area contributed by atoms with Crippen molar-refractivity contribution in [2.24, 2.45) is 5.92 Å². The fourth-order valence-electron chi connectivity index (χ4n) is 4.71. The number of nitrogens with zero attached hydrogens (tertiary/aromatic N) is 2. The Labute approximate surface area is 142 Å². The number of ketones is 1. The summed E-state index contributed by atoms with van der Waals surface area (Å²) in [5.74, 6) is 0.802. The number of hydrogen-bond donors (Lipinski definition) is 1. The number of hydrogen-bond acceptors (Lipinski definition) is 4. The van der Waals surface area contributed by atoms with Crippen molar-refractivity contribution in [3.8, 4) is 0 Å². The third-order valence-corrected chi connectivity index (χ3v) is 5.95. The first-order valence-electron chi connectivity index (χ1n) is 9.25. The van der Waals surface area contributed by atoms with E-state index in [0.717, 1.165) is 19.3 Å². The Balaban J connectivity index is 1.46. The average Bonchev–Trinajstić information content (AvgIpc) is 3.28. The van der Waals surface area contributed by atoms with Crippen molar-refractivity contribution in [1.82, 2.24) is 15.2 Å². The Bertz CT molecular complexity index is 604. The highest BCUT2D eigenvalue weighted by Gasteiger charge is 2.43. The lowest BCUT2D eigenvalue weighted by molar-refractivity contribution is -0.133. The molecule has 1 aromatic heterocycles. The van der Waals surface area contributed by atoms with E-state index in [1.54, 1.807) is 24.5 Å². The maximum atomic E-state index is 13.0. The number of fused-ring (bicyclic) bond motifs is 1. The second-order valence-electron chi connectivity index (χ2n) is 7.40. The zero-order valence-corrected chi connectivity index (χ0v) is 14.0. The lowest BCUT2D eigenvalue weighted by Gasteiger charge is -2.27.